The summed E-state index contributed by atoms with van der Waals surface area (Å²) in [4.78, 5) is 24.5. The Labute approximate surface area is 84.5 Å². The Balaban J connectivity index is 4.92. The normalized spacial score (nSPS) is 11.4. The van der Waals surface area contributed by atoms with Gasteiger partial charge in [-0.3, -0.25) is 4.79 Å². The first-order valence-electron chi connectivity index (χ1n) is 4.41. The zero-order valence-corrected chi connectivity index (χ0v) is 9.33. The Kier molecular flexibility index (Phi) is 4.91. The van der Waals surface area contributed by atoms with Crippen molar-refractivity contribution in [2.45, 2.75) is 13.8 Å². The number of hydrogen-bond donors (Lipinski definition) is 0. The Bertz CT molecular complexity index is 254. The van der Waals surface area contributed by atoms with Crippen molar-refractivity contribution in [3.8, 4) is 0 Å². The SMILES string of the molecule is COC(=O)/C(=C\N(C)C)C(=O)C(C)C. The third kappa shape index (κ3) is 3.60. The molecular formula is C10H17NO3. The second kappa shape index (κ2) is 5.42. The minimum Gasteiger partial charge on any atom is -0.465 e. The highest BCUT2D eigenvalue weighted by Crippen LogP contribution is 2.08. The lowest BCUT2D eigenvalue weighted by atomic mass is 10.0. The van der Waals surface area contributed by atoms with Crippen LogP contribution in [0.5, 0.6) is 0 Å². The molecule has 0 saturated carbocycles. The van der Waals surface area contributed by atoms with Gasteiger partial charge in [0.15, 0.2) is 5.78 Å². The van der Waals surface area contributed by atoms with E-state index in [1.807, 2.05) is 0 Å². The van der Waals surface area contributed by atoms with Crippen LogP contribution in [0, 0.1) is 5.92 Å². The molecule has 0 spiro atoms. The van der Waals surface area contributed by atoms with Crippen LogP contribution in [0.2, 0.25) is 0 Å². The largest absolute Gasteiger partial charge is 0.465 e. The summed E-state index contributed by atoms with van der Waals surface area (Å²) < 4.78 is 4.53. The van der Waals surface area contributed by atoms with Crippen molar-refractivity contribution in [3.63, 3.8) is 0 Å². The fraction of sp³-hybridized carbons (Fsp3) is 0.600. The first-order chi connectivity index (χ1) is 6.40. The van der Waals surface area contributed by atoms with E-state index in [1.54, 1.807) is 32.8 Å². The molecule has 0 aromatic carbocycles. The van der Waals surface area contributed by atoms with Crippen LogP contribution in [0.15, 0.2) is 11.8 Å². The average molecular weight is 199 g/mol. The molecule has 0 saturated heterocycles. The van der Waals surface area contributed by atoms with E-state index >= 15 is 0 Å². The number of hydrogen-bond acceptors (Lipinski definition) is 4. The number of Topliss-reactive ketones (excluding diaryl/α,β-unsaturated/α-hetero) is 1. The van der Waals surface area contributed by atoms with Gasteiger partial charge >= 0.3 is 5.97 Å². The third-order valence-corrected chi connectivity index (χ3v) is 1.58. The van der Waals surface area contributed by atoms with Gasteiger partial charge in [0.1, 0.15) is 5.57 Å². The van der Waals surface area contributed by atoms with Gasteiger partial charge in [0, 0.05) is 26.2 Å². The average Bonchev–Trinajstić information content (AvgIpc) is 2.11. The van der Waals surface area contributed by atoms with E-state index in [2.05, 4.69) is 4.74 Å². The highest BCUT2D eigenvalue weighted by Gasteiger charge is 2.21. The topological polar surface area (TPSA) is 46.6 Å². The molecular weight excluding hydrogens is 182 g/mol. The molecule has 0 bridgehead atoms. The number of ketones is 1. The van der Waals surface area contributed by atoms with Gasteiger partial charge in [-0.05, 0) is 0 Å². The van der Waals surface area contributed by atoms with Crippen LogP contribution < -0.4 is 0 Å². The maximum Gasteiger partial charge on any atom is 0.342 e. The monoisotopic (exact) mass is 199 g/mol. The first-order valence-corrected chi connectivity index (χ1v) is 4.41. The number of nitrogens with zero attached hydrogens (tertiary/aromatic N) is 1. The quantitative estimate of drug-likeness (QED) is 0.291. The smallest absolute Gasteiger partial charge is 0.342 e. The lowest BCUT2D eigenvalue weighted by Crippen LogP contribution is -2.21. The van der Waals surface area contributed by atoms with Crippen LogP contribution in [0.4, 0.5) is 0 Å². The molecule has 0 heterocycles. The van der Waals surface area contributed by atoms with Crippen molar-refractivity contribution < 1.29 is 14.3 Å². The van der Waals surface area contributed by atoms with Crippen LogP contribution in [0.1, 0.15) is 13.8 Å². The van der Waals surface area contributed by atoms with Gasteiger partial charge in [-0.1, -0.05) is 13.8 Å². The number of esters is 1. The summed E-state index contributed by atoms with van der Waals surface area (Å²) in [5.41, 5.74) is 0.0903. The minimum absolute atomic E-state index is 0.0903. The van der Waals surface area contributed by atoms with Gasteiger partial charge in [0.05, 0.1) is 7.11 Å². The first kappa shape index (κ1) is 12.7. The molecule has 14 heavy (non-hydrogen) atoms. The van der Waals surface area contributed by atoms with Crippen LogP contribution in [0.3, 0.4) is 0 Å². The van der Waals surface area contributed by atoms with Crippen molar-refractivity contribution in [2.24, 2.45) is 5.92 Å². The molecule has 4 heteroatoms. The maximum absolute atomic E-state index is 11.6. The molecule has 0 N–H and O–H groups in total. The van der Waals surface area contributed by atoms with Gasteiger partial charge in [-0.2, -0.15) is 0 Å². The summed E-state index contributed by atoms with van der Waals surface area (Å²) in [6.07, 6.45) is 1.48. The second-order valence-corrected chi connectivity index (χ2v) is 3.52. The van der Waals surface area contributed by atoms with Crippen LogP contribution in [-0.2, 0) is 14.3 Å². The van der Waals surface area contributed by atoms with E-state index in [-0.39, 0.29) is 17.3 Å². The van der Waals surface area contributed by atoms with Crippen LogP contribution >= 0.6 is 0 Å². The summed E-state index contributed by atoms with van der Waals surface area (Å²) >= 11 is 0. The number of methoxy groups -OCH3 is 1. The molecule has 0 amide bonds. The second-order valence-electron chi connectivity index (χ2n) is 3.52. The number of rotatable bonds is 4. The van der Waals surface area contributed by atoms with Crippen molar-refractivity contribution >= 4 is 11.8 Å². The molecule has 0 aliphatic heterocycles. The summed E-state index contributed by atoms with van der Waals surface area (Å²) in [6, 6.07) is 0. The zero-order valence-electron chi connectivity index (χ0n) is 9.33. The van der Waals surface area contributed by atoms with E-state index < -0.39 is 5.97 Å². The van der Waals surface area contributed by atoms with Crippen LogP contribution in [0.25, 0.3) is 0 Å². The van der Waals surface area contributed by atoms with Gasteiger partial charge < -0.3 is 9.64 Å². The fourth-order valence-electron chi connectivity index (χ4n) is 0.896. The standard InChI is InChI=1S/C10H17NO3/c1-7(2)9(12)8(6-11(3)4)10(13)14-5/h6-7H,1-5H3/b8-6-. The number of carbonyl (C=O) groups is 2. The van der Waals surface area contributed by atoms with Gasteiger partial charge in [0.2, 0.25) is 0 Å². The zero-order chi connectivity index (χ0) is 11.3. The summed E-state index contributed by atoms with van der Waals surface area (Å²) in [5, 5.41) is 0. The number of ether oxygens (including phenoxy) is 1. The van der Waals surface area contributed by atoms with Gasteiger partial charge in [0.25, 0.3) is 0 Å². The van der Waals surface area contributed by atoms with E-state index in [4.69, 9.17) is 0 Å². The lowest BCUT2D eigenvalue weighted by molar-refractivity contribution is -0.138. The van der Waals surface area contributed by atoms with E-state index in [1.165, 1.54) is 13.3 Å². The predicted molar refractivity (Wildman–Crippen MR) is 53.6 cm³/mol. The molecule has 0 rings (SSSR count). The third-order valence-electron chi connectivity index (χ3n) is 1.58. The van der Waals surface area contributed by atoms with Crippen molar-refractivity contribution in [1.29, 1.82) is 0 Å². The molecule has 0 unspecified atom stereocenters. The molecule has 4 nitrogen and oxygen atoms in total. The summed E-state index contributed by atoms with van der Waals surface area (Å²) in [7, 11) is 4.76. The molecule has 0 radical (unpaired) electrons. The van der Waals surface area contributed by atoms with Crippen molar-refractivity contribution in [3.05, 3.63) is 11.8 Å². The van der Waals surface area contributed by atoms with Crippen molar-refractivity contribution in [1.82, 2.24) is 4.90 Å². The van der Waals surface area contributed by atoms with E-state index in [0.29, 0.717) is 0 Å². The van der Waals surface area contributed by atoms with Gasteiger partial charge in [-0.25, -0.2) is 4.79 Å². The lowest BCUT2D eigenvalue weighted by Gasteiger charge is -2.11. The summed E-state index contributed by atoms with van der Waals surface area (Å²) in [6.45, 7) is 3.49. The number of carbonyl (C=O) groups excluding carboxylic acids is 2. The van der Waals surface area contributed by atoms with Crippen LogP contribution in [-0.4, -0.2) is 37.9 Å². The highest BCUT2D eigenvalue weighted by molar-refractivity contribution is 6.17. The Morgan fingerprint density at radius 2 is 1.79 bits per heavy atom. The highest BCUT2D eigenvalue weighted by atomic mass is 16.5. The molecule has 0 aliphatic rings. The Morgan fingerprint density at radius 3 is 2.07 bits per heavy atom. The van der Waals surface area contributed by atoms with Gasteiger partial charge in [-0.15, -0.1) is 0 Å². The molecule has 80 valence electrons. The fourth-order valence-corrected chi connectivity index (χ4v) is 0.896. The minimum atomic E-state index is -0.586. The van der Waals surface area contributed by atoms with E-state index in [0.717, 1.165) is 0 Å². The Morgan fingerprint density at radius 1 is 1.29 bits per heavy atom. The molecule has 0 atom stereocenters. The summed E-state index contributed by atoms with van der Waals surface area (Å²) in [5.74, 6) is -0.997. The maximum atomic E-state index is 11.6. The molecule has 0 fully saturated rings. The molecule has 0 aromatic heterocycles. The molecule has 0 aliphatic carbocycles. The predicted octanol–water partition coefficient (Wildman–Crippen LogP) is 0.830. The molecule has 0 aromatic rings. The van der Waals surface area contributed by atoms with E-state index in [9.17, 15) is 9.59 Å². The Hall–Kier alpha value is -1.32. The van der Waals surface area contributed by atoms with Crippen molar-refractivity contribution in [2.75, 3.05) is 21.2 Å².